The molecule has 0 bridgehead atoms. The third-order valence-electron chi connectivity index (χ3n) is 9.09. The zero-order valence-electron chi connectivity index (χ0n) is 20.9. The summed E-state index contributed by atoms with van der Waals surface area (Å²) in [5, 5.41) is 6.86. The monoisotopic (exact) mass is 489 g/mol. The van der Waals surface area contributed by atoms with Crippen LogP contribution in [0.25, 0.3) is 0 Å². The molecule has 36 heavy (non-hydrogen) atoms. The van der Waals surface area contributed by atoms with Gasteiger partial charge in [0.25, 0.3) is 5.91 Å². The summed E-state index contributed by atoms with van der Waals surface area (Å²) in [4.78, 5) is 36.9. The molecule has 2 atom stereocenters. The van der Waals surface area contributed by atoms with Crippen molar-refractivity contribution in [1.29, 1.82) is 0 Å². The third-order valence-corrected chi connectivity index (χ3v) is 9.09. The smallest absolute Gasteiger partial charge is 0.254 e. The quantitative estimate of drug-likeness (QED) is 0.568. The lowest BCUT2D eigenvalue weighted by Crippen LogP contribution is -2.48. The van der Waals surface area contributed by atoms with E-state index in [1.165, 1.54) is 51.1 Å². The molecule has 2 aromatic rings. The number of nitrogens with one attached hydrogen (secondary N) is 2. The van der Waals surface area contributed by atoms with E-state index in [1.807, 2.05) is 29.2 Å². The van der Waals surface area contributed by atoms with E-state index < -0.39 is 5.91 Å². The molecular weight excluding hydrogens is 454 g/mol. The van der Waals surface area contributed by atoms with Gasteiger partial charge >= 0.3 is 0 Å². The Balaban J connectivity index is 1.14. The predicted octanol–water partition coefficient (Wildman–Crippen LogP) is 3.51. The Labute approximate surface area is 211 Å². The average Bonchev–Trinajstić information content (AvgIpc) is 3.79. The molecule has 2 heterocycles. The molecule has 1 saturated heterocycles. The Morgan fingerprint density at radius 3 is 2.42 bits per heavy atom. The highest BCUT2D eigenvalue weighted by molar-refractivity contribution is 5.98. The number of benzene rings is 1. The lowest BCUT2D eigenvalue weighted by Gasteiger charge is -2.35. The van der Waals surface area contributed by atoms with E-state index in [2.05, 4.69) is 25.5 Å². The van der Waals surface area contributed by atoms with E-state index in [1.54, 1.807) is 6.92 Å². The molecule has 9 heteroatoms. The van der Waals surface area contributed by atoms with Crippen molar-refractivity contribution in [2.24, 2.45) is 16.6 Å². The molecule has 2 spiro atoms. The van der Waals surface area contributed by atoms with Crippen LogP contribution in [0.5, 0.6) is 0 Å². The molecule has 1 aromatic carbocycles. The van der Waals surface area contributed by atoms with Gasteiger partial charge in [0.2, 0.25) is 11.9 Å². The summed E-state index contributed by atoms with van der Waals surface area (Å²) < 4.78 is 0. The first-order chi connectivity index (χ1) is 17.4. The number of nitrogens with zero attached hydrogens (tertiary/aromatic N) is 4. The van der Waals surface area contributed by atoms with Crippen LogP contribution in [0, 0.1) is 10.8 Å². The van der Waals surface area contributed by atoms with Gasteiger partial charge in [-0.2, -0.15) is 4.98 Å². The number of hydrogen-bond donors (Lipinski definition) is 3. The Morgan fingerprint density at radius 1 is 1.03 bits per heavy atom. The summed E-state index contributed by atoms with van der Waals surface area (Å²) >= 11 is 0. The van der Waals surface area contributed by atoms with Crippen LogP contribution in [-0.2, 0) is 4.79 Å². The van der Waals surface area contributed by atoms with Crippen LogP contribution < -0.4 is 21.3 Å². The fraction of sp³-hybridized carbons (Fsp3) is 0.556. The highest BCUT2D eigenvalue weighted by Gasteiger charge is 2.71. The van der Waals surface area contributed by atoms with E-state index >= 15 is 0 Å². The summed E-state index contributed by atoms with van der Waals surface area (Å²) in [5.74, 6) is 0.532. The fourth-order valence-corrected chi connectivity index (χ4v) is 6.73. The molecule has 0 radical (unpaired) electrons. The molecule has 190 valence electrons. The van der Waals surface area contributed by atoms with Crippen molar-refractivity contribution in [3.8, 4) is 0 Å². The predicted molar refractivity (Wildman–Crippen MR) is 139 cm³/mol. The molecule has 2 amide bonds. The van der Waals surface area contributed by atoms with Gasteiger partial charge in [-0.15, -0.1) is 0 Å². The van der Waals surface area contributed by atoms with Gasteiger partial charge in [-0.25, -0.2) is 4.98 Å². The SMILES string of the molecule is CC(=O)N1CCN(c2ccc(Nc3nc(NC4CC45CCCCC54CC4)ncc3C(N)=O)cc2)CC1. The van der Waals surface area contributed by atoms with Crippen LogP contribution in [0.3, 0.4) is 0 Å². The molecule has 4 N–H and O–H groups in total. The number of fused-ring (bicyclic) bond motifs is 1. The van der Waals surface area contributed by atoms with Gasteiger partial charge < -0.3 is 26.2 Å². The summed E-state index contributed by atoms with van der Waals surface area (Å²) in [5.41, 5.74) is 8.79. The van der Waals surface area contributed by atoms with Gasteiger partial charge in [-0.1, -0.05) is 12.8 Å². The number of aromatic nitrogens is 2. The van der Waals surface area contributed by atoms with Crippen molar-refractivity contribution in [3.63, 3.8) is 0 Å². The first-order valence-corrected chi connectivity index (χ1v) is 13.2. The maximum absolute atomic E-state index is 12.1. The number of primary amides is 1. The number of rotatable bonds is 6. The molecule has 1 aromatic heterocycles. The molecule has 1 aliphatic heterocycles. The van der Waals surface area contributed by atoms with Crippen LogP contribution in [0.15, 0.2) is 30.5 Å². The van der Waals surface area contributed by atoms with Crippen molar-refractivity contribution >= 4 is 35.0 Å². The molecule has 6 rings (SSSR count). The van der Waals surface area contributed by atoms with Crippen LogP contribution in [0.2, 0.25) is 0 Å². The van der Waals surface area contributed by atoms with E-state index in [0.717, 1.165) is 37.6 Å². The zero-order chi connectivity index (χ0) is 24.9. The van der Waals surface area contributed by atoms with Gasteiger partial charge in [-0.05, 0) is 67.2 Å². The molecule has 4 fully saturated rings. The van der Waals surface area contributed by atoms with Crippen LogP contribution in [0.4, 0.5) is 23.1 Å². The van der Waals surface area contributed by atoms with Gasteiger partial charge in [0.15, 0.2) is 0 Å². The number of carbonyl (C=O) groups excluding carboxylic acids is 2. The number of carbonyl (C=O) groups is 2. The van der Waals surface area contributed by atoms with Gasteiger partial charge in [0.05, 0.1) is 0 Å². The minimum Gasteiger partial charge on any atom is -0.368 e. The Bertz CT molecular complexity index is 1170. The summed E-state index contributed by atoms with van der Waals surface area (Å²) in [6.07, 6.45) is 10.8. The minimum atomic E-state index is -0.559. The molecule has 9 nitrogen and oxygen atoms in total. The lowest BCUT2D eigenvalue weighted by atomic mass is 9.73. The second-order valence-electron chi connectivity index (χ2n) is 11.0. The van der Waals surface area contributed by atoms with Crippen LogP contribution in [0.1, 0.15) is 62.2 Å². The second-order valence-corrected chi connectivity index (χ2v) is 11.0. The Hall–Kier alpha value is -3.36. The molecule has 2 unspecified atom stereocenters. The van der Waals surface area contributed by atoms with Crippen molar-refractivity contribution in [2.75, 3.05) is 41.7 Å². The molecule has 3 aliphatic carbocycles. The van der Waals surface area contributed by atoms with Crippen molar-refractivity contribution in [1.82, 2.24) is 14.9 Å². The van der Waals surface area contributed by atoms with Gasteiger partial charge in [0, 0.05) is 56.7 Å². The number of hydrogen-bond acceptors (Lipinski definition) is 7. The fourth-order valence-electron chi connectivity index (χ4n) is 6.73. The topological polar surface area (TPSA) is 116 Å². The van der Waals surface area contributed by atoms with Crippen LogP contribution >= 0.6 is 0 Å². The van der Waals surface area contributed by atoms with Gasteiger partial charge in [-0.3, -0.25) is 9.59 Å². The average molecular weight is 490 g/mol. The van der Waals surface area contributed by atoms with Crippen molar-refractivity contribution in [3.05, 3.63) is 36.0 Å². The number of amides is 2. The summed E-state index contributed by atoms with van der Waals surface area (Å²) in [7, 11) is 0. The summed E-state index contributed by atoms with van der Waals surface area (Å²) in [6.45, 7) is 4.70. The second kappa shape index (κ2) is 8.64. The molecule has 4 aliphatic rings. The van der Waals surface area contributed by atoms with Crippen molar-refractivity contribution < 1.29 is 9.59 Å². The summed E-state index contributed by atoms with van der Waals surface area (Å²) in [6, 6.07) is 8.45. The van der Waals surface area contributed by atoms with E-state index in [-0.39, 0.29) is 11.5 Å². The van der Waals surface area contributed by atoms with Crippen LogP contribution in [-0.4, -0.2) is 58.9 Å². The Kier molecular flexibility index (Phi) is 5.53. The van der Waals surface area contributed by atoms with E-state index in [9.17, 15) is 9.59 Å². The normalized spacial score (nSPS) is 26.1. The van der Waals surface area contributed by atoms with E-state index in [4.69, 9.17) is 5.73 Å². The largest absolute Gasteiger partial charge is 0.368 e. The van der Waals surface area contributed by atoms with Gasteiger partial charge in [0.1, 0.15) is 11.4 Å². The maximum atomic E-state index is 12.1. The van der Waals surface area contributed by atoms with E-state index in [0.29, 0.717) is 28.6 Å². The van der Waals surface area contributed by atoms with Crippen molar-refractivity contribution in [2.45, 2.75) is 57.9 Å². The highest BCUT2D eigenvalue weighted by atomic mass is 16.2. The Morgan fingerprint density at radius 2 is 1.75 bits per heavy atom. The minimum absolute atomic E-state index is 0.126. The zero-order valence-corrected chi connectivity index (χ0v) is 20.9. The number of nitrogens with two attached hydrogens (primary N) is 1. The standard InChI is InChI=1S/C27H35N7O2/c1-18(35)33-12-14-34(15-13-33)20-6-4-19(5-7-20)30-24-21(23(28)36)17-29-25(32-24)31-22-16-27(22)9-3-2-8-26(27)10-11-26/h4-7,17,22H,2-3,8-16H2,1H3,(H2,28,36)(H2,29,30,31,32). The first-order valence-electron chi connectivity index (χ1n) is 13.2. The highest BCUT2D eigenvalue weighted by Crippen LogP contribution is 2.76. The maximum Gasteiger partial charge on any atom is 0.254 e. The third kappa shape index (κ3) is 4.04. The molecule has 3 saturated carbocycles. The lowest BCUT2D eigenvalue weighted by molar-refractivity contribution is -0.129. The molecular formula is C27H35N7O2. The number of anilines is 4. The number of piperazine rings is 1. The first kappa shape index (κ1) is 23.1.